The molecule has 4 nitrogen and oxygen atoms in total. The van der Waals surface area contributed by atoms with Crippen molar-refractivity contribution in [1.82, 2.24) is 0 Å². The topological polar surface area (TPSA) is 55.8 Å². The van der Waals surface area contributed by atoms with E-state index in [1.807, 2.05) is 12.1 Å². The van der Waals surface area contributed by atoms with Crippen molar-refractivity contribution in [2.75, 3.05) is 6.61 Å². The maximum atomic E-state index is 10.5. The number of benzene rings is 1. The lowest BCUT2D eigenvalue weighted by molar-refractivity contribution is -0.137. The summed E-state index contributed by atoms with van der Waals surface area (Å²) < 4.78 is 12.1. The number of aliphatic carboxylic acids is 1. The Kier molecular flexibility index (Phi) is 9.66. The van der Waals surface area contributed by atoms with Crippen LogP contribution in [0.4, 0.5) is 0 Å². The van der Waals surface area contributed by atoms with Gasteiger partial charge in [0.1, 0.15) is 17.1 Å². The highest BCUT2D eigenvalue weighted by atomic mass is 16.5. The highest BCUT2D eigenvalue weighted by molar-refractivity contribution is 5.66. The van der Waals surface area contributed by atoms with E-state index in [1.165, 1.54) is 50.5 Å². The second-order valence-electron chi connectivity index (χ2n) is 8.39. The summed E-state index contributed by atoms with van der Waals surface area (Å²) in [6.07, 6.45) is 14.1. The number of ether oxygens (including phenoxy) is 2. The first-order chi connectivity index (χ1) is 13.5. The molecular formula is C24H38O4. The number of hydrogen-bond donors (Lipinski definition) is 1. The lowest BCUT2D eigenvalue weighted by atomic mass is 9.88. The van der Waals surface area contributed by atoms with Crippen LogP contribution in [-0.2, 0) is 11.2 Å². The molecule has 1 N–H and O–H groups in total. The summed E-state index contributed by atoms with van der Waals surface area (Å²) in [7, 11) is 0. The minimum Gasteiger partial charge on any atom is -0.494 e. The minimum atomic E-state index is -0.745. The molecular weight excluding hydrogens is 352 g/mol. The van der Waals surface area contributed by atoms with Gasteiger partial charge in [0.25, 0.3) is 0 Å². The van der Waals surface area contributed by atoms with Crippen LogP contribution < -0.4 is 9.47 Å². The monoisotopic (exact) mass is 390 g/mol. The van der Waals surface area contributed by atoms with Gasteiger partial charge in [-0.15, -0.1) is 0 Å². The van der Waals surface area contributed by atoms with Crippen molar-refractivity contribution in [1.29, 1.82) is 0 Å². The average molecular weight is 391 g/mol. The van der Waals surface area contributed by atoms with Crippen LogP contribution in [0, 0.1) is 0 Å². The molecule has 0 saturated carbocycles. The maximum absolute atomic E-state index is 10.5. The van der Waals surface area contributed by atoms with Crippen LogP contribution in [0.15, 0.2) is 18.2 Å². The Labute approximate surface area is 170 Å². The Bertz CT molecular complexity index is 598. The number of carboxylic acid groups (broad SMARTS) is 1. The lowest BCUT2D eigenvalue weighted by Crippen LogP contribution is -2.36. The Morgan fingerprint density at radius 3 is 2.61 bits per heavy atom. The van der Waals surface area contributed by atoms with Crippen LogP contribution in [0.5, 0.6) is 11.5 Å². The van der Waals surface area contributed by atoms with Crippen LogP contribution in [0.2, 0.25) is 0 Å². The summed E-state index contributed by atoms with van der Waals surface area (Å²) >= 11 is 0. The summed E-state index contributed by atoms with van der Waals surface area (Å²) in [5.41, 5.74) is 1.18. The van der Waals surface area contributed by atoms with Crippen LogP contribution >= 0.6 is 0 Å². The molecule has 0 amide bonds. The third-order valence-corrected chi connectivity index (χ3v) is 5.67. The molecule has 1 aliphatic rings. The molecule has 0 aromatic heterocycles. The van der Waals surface area contributed by atoms with Crippen molar-refractivity contribution in [3.63, 3.8) is 0 Å². The van der Waals surface area contributed by atoms with E-state index < -0.39 is 5.97 Å². The third kappa shape index (κ3) is 8.12. The highest BCUT2D eigenvalue weighted by Crippen LogP contribution is 2.37. The van der Waals surface area contributed by atoms with E-state index in [2.05, 4.69) is 19.9 Å². The average Bonchev–Trinajstić information content (AvgIpc) is 2.67. The molecule has 1 unspecified atom stereocenters. The quantitative estimate of drug-likeness (QED) is 0.366. The molecule has 2 rings (SSSR count). The van der Waals surface area contributed by atoms with Crippen LogP contribution in [0.3, 0.4) is 0 Å². The summed E-state index contributed by atoms with van der Waals surface area (Å²) in [5, 5.41) is 8.66. The number of carbonyl (C=O) groups is 1. The Balaban J connectivity index is 1.71. The maximum Gasteiger partial charge on any atom is 0.303 e. The van der Waals surface area contributed by atoms with Gasteiger partial charge in [-0.05, 0) is 69.2 Å². The SMILES string of the molecule is CCCCCCCCCC1(C)CCc2cc(OCCCCC(=O)O)ccc2O1. The number of hydrogen-bond acceptors (Lipinski definition) is 3. The van der Waals surface area contributed by atoms with E-state index in [0.717, 1.165) is 37.2 Å². The van der Waals surface area contributed by atoms with E-state index in [4.69, 9.17) is 14.6 Å². The molecule has 28 heavy (non-hydrogen) atoms. The van der Waals surface area contributed by atoms with Crippen LogP contribution in [0.1, 0.15) is 96.5 Å². The molecule has 1 atom stereocenters. The Hall–Kier alpha value is -1.71. The van der Waals surface area contributed by atoms with Crippen molar-refractivity contribution >= 4 is 5.97 Å². The van der Waals surface area contributed by atoms with E-state index in [0.29, 0.717) is 13.0 Å². The summed E-state index contributed by atoms with van der Waals surface area (Å²) in [6.45, 7) is 5.07. The predicted octanol–water partition coefficient (Wildman–Crippen LogP) is 6.54. The number of carboxylic acids is 1. The number of rotatable bonds is 14. The summed E-state index contributed by atoms with van der Waals surface area (Å²) in [6, 6.07) is 6.08. The third-order valence-electron chi connectivity index (χ3n) is 5.67. The second-order valence-corrected chi connectivity index (χ2v) is 8.39. The van der Waals surface area contributed by atoms with E-state index >= 15 is 0 Å². The molecule has 0 radical (unpaired) electrons. The van der Waals surface area contributed by atoms with Gasteiger partial charge in [0.05, 0.1) is 6.61 Å². The van der Waals surface area contributed by atoms with Gasteiger partial charge in [0.2, 0.25) is 0 Å². The smallest absolute Gasteiger partial charge is 0.303 e. The Morgan fingerprint density at radius 1 is 1.11 bits per heavy atom. The fourth-order valence-electron chi connectivity index (χ4n) is 3.86. The number of aryl methyl sites for hydroxylation is 1. The lowest BCUT2D eigenvalue weighted by Gasteiger charge is -2.36. The van der Waals surface area contributed by atoms with E-state index in [1.54, 1.807) is 0 Å². The fraction of sp³-hybridized carbons (Fsp3) is 0.708. The number of fused-ring (bicyclic) bond motifs is 1. The van der Waals surface area contributed by atoms with Gasteiger partial charge < -0.3 is 14.6 Å². The minimum absolute atomic E-state index is 0.0460. The first kappa shape index (κ1) is 22.6. The first-order valence-electron chi connectivity index (χ1n) is 11.2. The van der Waals surface area contributed by atoms with Gasteiger partial charge >= 0.3 is 5.97 Å². The van der Waals surface area contributed by atoms with Crippen molar-refractivity contribution in [3.8, 4) is 11.5 Å². The fourth-order valence-corrected chi connectivity index (χ4v) is 3.86. The standard InChI is InChI=1S/C24H38O4/c1-3-4-5-6-7-8-10-16-24(2)17-15-20-19-21(13-14-22(20)28-24)27-18-11-9-12-23(25)26/h13-14,19H,3-12,15-18H2,1-2H3,(H,25,26). The molecule has 1 heterocycles. The van der Waals surface area contributed by atoms with Crippen molar-refractivity contribution < 1.29 is 19.4 Å². The molecule has 0 bridgehead atoms. The van der Waals surface area contributed by atoms with Gasteiger partial charge in [0, 0.05) is 6.42 Å². The molecule has 0 aliphatic carbocycles. The zero-order valence-electron chi connectivity index (χ0n) is 17.8. The molecule has 4 heteroatoms. The van der Waals surface area contributed by atoms with Crippen molar-refractivity contribution in [2.45, 2.75) is 103 Å². The molecule has 158 valence electrons. The molecule has 1 aromatic rings. The van der Waals surface area contributed by atoms with Gasteiger partial charge in [-0.3, -0.25) is 4.79 Å². The van der Waals surface area contributed by atoms with Gasteiger partial charge in [-0.25, -0.2) is 0 Å². The van der Waals surface area contributed by atoms with Gasteiger partial charge in [-0.1, -0.05) is 45.4 Å². The second kappa shape index (κ2) is 12.0. The van der Waals surface area contributed by atoms with Gasteiger partial charge in [-0.2, -0.15) is 0 Å². The normalized spacial score (nSPS) is 18.4. The van der Waals surface area contributed by atoms with Crippen molar-refractivity contribution in [2.24, 2.45) is 0 Å². The summed E-state index contributed by atoms with van der Waals surface area (Å²) in [5.74, 6) is 1.11. The first-order valence-corrected chi connectivity index (χ1v) is 11.2. The summed E-state index contributed by atoms with van der Waals surface area (Å²) in [4.78, 5) is 10.5. The largest absolute Gasteiger partial charge is 0.494 e. The zero-order chi connectivity index (χ0) is 20.2. The molecule has 1 aromatic carbocycles. The van der Waals surface area contributed by atoms with Crippen LogP contribution in [-0.4, -0.2) is 23.3 Å². The van der Waals surface area contributed by atoms with E-state index in [-0.39, 0.29) is 12.0 Å². The zero-order valence-corrected chi connectivity index (χ0v) is 17.8. The highest BCUT2D eigenvalue weighted by Gasteiger charge is 2.31. The van der Waals surface area contributed by atoms with Crippen molar-refractivity contribution in [3.05, 3.63) is 23.8 Å². The Morgan fingerprint density at radius 2 is 1.86 bits per heavy atom. The van der Waals surface area contributed by atoms with Crippen LogP contribution in [0.25, 0.3) is 0 Å². The molecule has 0 spiro atoms. The molecule has 0 saturated heterocycles. The van der Waals surface area contributed by atoms with E-state index in [9.17, 15) is 4.79 Å². The molecule has 1 aliphatic heterocycles. The molecule has 0 fully saturated rings. The van der Waals surface area contributed by atoms with Gasteiger partial charge in [0.15, 0.2) is 0 Å². The number of unbranched alkanes of at least 4 members (excludes halogenated alkanes) is 7. The predicted molar refractivity (Wildman–Crippen MR) is 113 cm³/mol.